The molecule has 1 atom stereocenters. The molecule has 27 heavy (non-hydrogen) atoms. The summed E-state index contributed by atoms with van der Waals surface area (Å²) in [4.78, 5) is 30.1. The molecule has 6 heteroatoms. The van der Waals surface area contributed by atoms with Gasteiger partial charge in [-0.3, -0.25) is 14.2 Å². The van der Waals surface area contributed by atoms with E-state index in [-0.39, 0.29) is 22.7 Å². The Morgan fingerprint density at radius 2 is 1.85 bits per heavy atom. The summed E-state index contributed by atoms with van der Waals surface area (Å²) < 4.78 is 6.73. The van der Waals surface area contributed by atoms with E-state index in [4.69, 9.17) is 9.72 Å². The minimum Gasteiger partial charge on any atom is -0.465 e. The number of hydrogen-bond acceptors (Lipinski definition) is 5. The van der Waals surface area contributed by atoms with Crippen LogP contribution in [0.2, 0.25) is 0 Å². The number of carbonyl (C=O) groups excluding carboxylic acids is 1. The number of esters is 1. The first kappa shape index (κ1) is 17.8. The number of ether oxygens (including phenoxy) is 1. The highest BCUT2D eigenvalue weighted by Gasteiger charge is 2.30. The lowest BCUT2D eigenvalue weighted by atomic mass is 10.0. The van der Waals surface area contributed by atoms with E-state index in [2.05, 4.69) is 13.8 Å². The van der Waals surface area contributed by atoms with Gasteiger partial charge in [-0.25, -0.2) is 4.98 Å². The second-order valence-corrected chi connectivity index (χ2v) is 8.00. The van der Waals surface area contributed by atoms with Gasteiger partial charge < -0.3 is 4.74 Å². The molecule has 0 spiro atoms. The summed E-state index contributed by atoms with van der Waals surface area (Å²) in [5.41, 5.74) is 2.38. The van der Waals surface area contributed by atoms with E-state index < -0.39 is 0 Å². The van der Waals surface area contributed by atoms with Gasteiger partial charge in [0.25, 0.3) is 5.56 Å². The third-order valence-corrected chi connectivity index (χ3v) is 5.88. The Kier molecular flexibility index (Phi) is 4.74. The van der Waals surface area contributed by atoms with Gasteiger partial charge in [0.2, 0.25) is 0 Å². The number of fused-ring (bicyclic) bond motifs is 1. The Bertz CT molecular complexity index is 1070. The molecule has 1 unspecified atom stereocenters. The van der Waals surface area contributed by atoms with Crippen LogP contribution in [0, 0.1) is 0 Å². The summed E-state index contributed by atoms with van der Waals surface area (Å²) in [6.07, 6.45) is 0.623. The molecule has 0 bridgehead atoms. The van der Waals surface area contributed by atoms with Crippen molar-refractivity contribution in [3.05, 3.63) is 64.4 Å². The van der Waals surface area contributed by atoms with Gasteiger partial charge in [-0.15, -0.1) is 0 Å². The van der Waals surface area contributed by atoms with Crippen molar-refractivity contribution in [3.63, 3.8) is 0 Å². The first-order valence-corrected chi connectivity index (χ1v) is 9.88. The van der Waals surface area contributed by atoms with E-state index >= 15 is 0 Å². The summed E-state index contributed by atoms with van der Waals surface area (Å²) >= 11 is 1.31. The number of benzene rings is 2. The van der Waals surface area contributed by atoms with Gasteiger partial charge in [-0.2, -0.15) is 0 Å². The molecular formula is C21H20N2O3S. The van der Waals surface area contributed by atoms with Crippen molar-refractivity contribution in [2.45, 2.75) is 36.6 Å². The fraction of sp³-hybridized carbons (Fsp3) is 0.286. The topological polar surface area (TPSA) is 61.2 Å². The Labute approximate surface area is 161 Å². The van der Waals surface area contributed by atoms with E-state index in [1.54, 1.807) is 10.6 Å². The zero-order valence-corrected chi connectivity index (χ0v) is 16.0. The molecule has 0 radical (unpaired) electrons. The van der Waals surface area contributed by atoms with Crippen LogP contribution in [0.15, 0.2) is 58.5 Å². The molecule has 1 aliphatic heterocycles. The molecule has 1 saturated heterocycles. The molecule has 4 rings (SSSR count). The van der Waals surface area contributed by atoms with Crippen LogP contribution in [0.5, 0.6) is 0 Å². The van der Waals surface area contributed by atoms with Crippen molar-refractivity contribution in [1.82, 2.24) is 9.55 Å². The monoisotopic (exact) mass is 380 g/mol. The maximum Gasteiger partial charge on any atom is 0.319 e. The fourth-order valence-corrected chi connectivity index (χ4v) is 4.37. The number of aromatic nitrogens is 2. The Morgan fingerprint density at radius 1 is 1.11 bits per heavy atom. The van der Waals surface area contributed by atoms with Crippen LogP contribution in [0.25, 0.3) is 16.6 Å². The second-order valence-electron chi connectivity index (χ2n) is 6.83. The molecule has 0 saturated carbocycles. The third kappa shape index (κ3) is 3.25. The highest BCUT2D eigenvalue weighted by atomic mass is 32.2. The van der Waals surface area contributed by atoms with Crippen LogP contribution in [0.3, 0.4) is 0 Å². The van der Waals surface area contributed by atoms with E-state index in [1.807, 2.05) is 42.5 Å². The quantitative estimate of drug-likeness (QED) is 0.507. The minimum atomic E-state index is -0.337. The number of carbonyl (C=O) groups is 1. The van der Waals surface area contributed by atoms with Gasteiger partial charge in [0.1, 0.15) is 5.25 Å². The lowest BCUT2D eigenvalue weighted by molar-refractivity contribution is -0.137. The van der Waals surface area contributed by atoms with E-state index in [1.165, 1.54) is 11.8 Å². The Balaban J connectivity index is 1.97. The molecule has 2 aromatic carbocycles. The van der Waals surface area contributed by atoms with Crippen molar-refractivity contribution >= 4 is 28.6 Å². The summed E-state index contributed by atoms with van der Waals surface area (Å²) in [5.74, 6) is -0.0000292. The molecule has 0 aliphatic carbocycles. The van der Waals surface area contributed by atoms with E-state index in [0.29, 0.717) is 29.1 Å². The number of para-hydroxylation sites is 2. The lowest BCUT2D eigenvalue weighted by Crippen LogP contribution is -2.24. The lowest BCUT2D eigenvalue weighted by Gasteiger charge is -2.18. The SMILES string of the molecule is CC(C)c1ccccc1-n1c(SC2CCOC2=O)nc2ccccc2c1=O. The second kappa shape index (κ2) is 7.19. The molecule has 138 valence electrons. The average Bonchev–Trinajstić information content (AvgIpc) is 3.07. The van der Waals surface area contributed by atoms with Gasteiger partial charge in [0.15, 0.2) is 5.16 Å². The predicted octanol–water partition coefficient (Wildman–Crippen LogP) is 3.92. The summed E-state index contributed by atoms with van der Waals surface area (Å²) in [7, 11) is 0. The molecule has 0 amide bonds. The number of rotatable bonds is 4. The smallest absolute Gasteiger partial charge is 0.319 e. The van der Waals surface area contributed by atoms with Gasteiger partial charge in [-0.05, 0) is 29.7 Å². The van der Waals surface area contributed by atoms with Crippen molar-refractivity contribution in [2.24, 2.45) is 0 Å². The highest BCUT2D eigenvalue weighted by Crippen LogP contribution is 2.32. The van der Waals surface area contributed by atoms with Crippen LogP contribution in [-0.4, -0.2) is 27.4 Å². The zero-order chi connectivity index (χ0) is 19.0. The number of thioether (sulfide) groups is 1. The predicted molar refractivity (Wildman–Crippen MR) is 107 cm³/mol. The Morgan fingerprint density at radius 3 is 2.59 bits per heavy atom. The molecule has 2 heterocycles. The zero-order valence-electron chi connectivity index (χ0n) is 15.2. The van der Waals surface area contributed by atoms with E-state index in [9.17, 15) is 9.59 Å². The first-order valence-electron chi connectivity index (χ1n) is 9.00. The average molecular weight is 380 g/mol. The van der Waals surface area contributed by atoms with Crippen LogP contribution in [-0.2, 0) is 9.53 Å². The van der Waals surface area contributed by atoms with Gasteiger partial charge in [0, 0.05) is 6.42 Å². The fourth-order valence-electron chi connectivity index (χ4n) is 3.29. The van der Waals surface area contributed by atoms with Crippen LogP contribution >= 0.6 is 11.8 Å². The maximum absolute atomic E-state index is 13.4. The van der Waals surface area contributed by atoms with Crippen molar-refractivity contribution in [3.8, 4) is 5.69 Å². The normalized spacial score (nSPS) is 16.9. The van der Waals surface area contributed by atoms with Gasteiger partial charge >= 0.3 is 5.97 Å². The molecular weight excluding hydrogens is 360 g/mol. The summed E-state index contributed by atoms with van der Waals surface area (Å²) in [6, 6.07) is 15.2. The van der Waals surface area contributed by atoms with Crippen LogP contribution in [0.1, 0.15) is 31.7 Å². The molecule has 5 nitrogen and oxygen atoms in total. The number of nitrogens with zero attached hydrogens (tertiary/aromatic N) is 2. The first-order chi connectivity index (χ1) is 13.1. The van der Waals surface area contributed by atoms with Gasteiger partial charge in [-0.1, -0.05) is 55.9 Å². The maximum atomic E-state index is 13.4. The highest BCUT2D eigenvalue weighted by molar-refractivity contribution is 8.00. The summed E-state index contributed by atoms with van der Waals surface area (Å²) in [6.45, 7) is 4.61. The van der Waals surface area contributed by atoms with Crippen LogP contribution < -0.4 is 5.56 Å². The summed E-state index contributed by atoms with van der Waals surface area (Å²) in [5, 5.41) is 0.751. The standard InChI is InChI=1S/C21H20N2O3S/c1-13(2)14-7-4-6-10-17(14)23-19(24)15-8-3-5-9-16(15)22-21(23)27-18-11-12-26-20(18)25/h3-10,13,18H,11-12H2,1-2H3. The molecule has 1 fully saturated rings. The molecule has 3 aromatic rings. The van der Waals surface area contributed by atoms with Crippen LogP contribution in [0.4, 0.5) is 0 Å². The number of cyclic esters (lactones) is 1. The minimum absolute atomic E-state index is 0.123. The molecule has 1 aliphatic rings. The third-order valence-electron chi connectivity index (χ3n) is 4.68. The largest absolute Gasteiger partial charge is 0.465 e. The Hall–Kier alpha value is -2.60. The van der Waals surface area contributed by atoms with Crippen molar-refractivity contribution < 1.29 is 9.53 Å². The number of hydrogen-bond donors (Lipinski definition) is 0. The molecule has 1 aromatic heterocycles. The molecule has 0 N–H and O–H groups in total. The van der Waals surface area contributed by atoms with Crippen molar-refractivity contribution in [2.75, 3.05) is 6.61 Å². The van der Waals surface area contributed by atoms with Crippen molar-refractivity contribution in [1.29, 1.82) is 0 Å². The van der Waals surface area contributed by atoms with Gasteiger partial charge in [0.05, 0.1) is 23.2 Å². The van der Waals surface area contributed by atoms with E-state index in [0.717, 1.165) is 11.3 Å².